The summed E-state index contributed by atoms with van der Waals surface area (Å²) in [5, 5.41) is 0. The van der Waals surface area contributed by atoms with Crippen molar-refractivity contribution in [3.63, 3.8) is 0 Å². The highest BCUT2D eigenvalue weighted by Gasteiger charge is 2.37. The maximum absolute atomic E-state index is 6.51. The van der Waals surface area contributed by atoms with Crippen molar-refractivity contribution in [3.05, 3.63) is 12.7 Å². The van der Waals surface area contributed by atoms with Crippen LogP contribution in [0, 0.1) is 0 Å². The van der Waals surface area contributed by atoms with Gasteiger partial charge >= 0.3 is 0 Å². The molecule has 0 bridgehead atoms. The monoisotopic (exact) mass is 267 g/mol. The molecule has 0 aliphatic heterocycles. The molecule has 112 valence electrons. The number of hydrogen-bond acceptors (Lipinski definition) is 2. The first-order valence-corrected chi connectivity index (χ1v) is 8.25. The summed E-state index contributed by atoms with van der Waals surface area (Å²) in [6.45, 7) is 6.66. The van der Waals surface area contributed by atoms with E-state index in [1.165, 1.54) is 44.9 Å². The second kappa shape index (κ2) is 9.55. The minimum absolute atomic E-state index is 0.0241. The molecule has 0 amide bonds. The van der Waals surface area contributed by atoms with Gasteiger partial charge in [-0.25, -0.2) is 0 Å². The fraction of sp³-hybridized carbons (Fsp3) is 0.882. The van der Waals surface area contributed by atoms with Crippen LogP contribution in [0.1, 0.15) is 77.6 Å². The molecule has 1 aliphatic rings. The Bertz CT molecular complexity index is 231. The van der Waals surface area contributed by atoms with Crippen LogP contribution in [0.15, 0.2) is 12.7 Å². The zero-order valence-corrected chi connectivity index (χ0v) is 12.8. The third kappa shape index (κ3) is 5.66. The van der Waals surface area contributed by atoms with Gasteiger partial charge in [0.15, 0.2) is 0 Å². The summed E-state index contributed by atoms with van der Waals surface area (Å²) in [6, 6.07) is 0.217. The first-order chi connectivity index (χ1) is 9.25. The van der Waals surface area contributed by atoms with E-state index in [-0.39, 0.29) is 11.6 Å². The fourth-order valence-electron chi connectivity index (χ4n) is 3.33. The summed E-state index contributed by atoms with van der Waals surface area (Å²) < 4.78 is 6.15. The van der Waals surface area contributed by atoms with E-state index in [0.717, 1.165) is 32.3 Å². The molecule has 1 saturated carbocycles. The molecule has 0 aromatic carbocycles. The van der Waals surface area contributed by atoms with Gasteiger partial charge in [0.25, 0.3) is 0 Å². The highest BCUT2D eigenvalue weighted by Crippen LogP contribution is 2.34. The summed E-state index contributed by atoms with van der Waals surface area (Å²) in [6.07, 6.45) is 15.6. The number of ether oxygens (including phenoxy) is 1. The lowest BCUT2D eigenvalue weighted by Crippen LogP contribution is -2.50. The Morgan fingerprint density at radius 2 is 1.84 bits per heavy atom. The van der Waals surface area contributed by atoms with Crippen LogP contribution >= 0.6 is 0 Å². The van der Waals surface area contributed by atoms with Crippen LogP contribution in [0.3, 0.4) is 0 Å². The second-order valence-corrected chi connectivity index (χ2v) is 5.95. The quantitative estimate of drug-likeness (QED) is 0.377. The molecule has 1 fully saturated rings. The van der Waals surface area contributed by atoms with Crippen molar-refractivity contribution in [1.82, 2.24) is 0 Å². The zero-order valence-electron chi connectivity index (χ0n) is 12.8. The first kappa shape index (κ1) is 16.7. The van der Waals surface area contributed by atoms with E-state index in [1.807, 2.05) is 6.08 Å². The maximum atomic E-state index is 6.51. The van der Waals surface area contributed by atoms with Gasteiger partial charge in [0.05, 0.1) is 5.60 Å². The summed E-state index contributed by atoms with van der Waals surface area (Å²) in [4.78, 5) is 0. The van der Waals surface area contributed by atoms with Gasteiger partial charge in [0.1, 0.15) is 0 Å². The minimum Gasteiger partial charge on any atom is -0.374 e. The average Bonchev–Trinajstić information content (AvgIpc) is 2.65. The maximum Gasteiger partial charge on any atom is 0.0832 e. The number of unbranched alkanes of at least 4 members (excludes halogenated alkanes) is 3. The molecular formula is C17H33NO. The van der Waals surface area contributed by atoms with Gasteiger partial charge in [0, 0.05) is 12.6 Å². The lowest BCUT2D eigenvalue weighted by Gasteiger charge is -2.38. The molecule has 0 saturated heterocycles. The number of rotatable bonds is 9. The van der Waals surface area contributed by atoms with Crippen molar-refractivity contribution in [2.75, 3.05) is 6.61 Å². The van der Waals surface area contributed by atoms with Gasteiger partial charge in [-0.3, -0.25) is 0 Å². The molecule has 0 spiro atoms. The van der Waals surface area contributed by atoms with Crippen molar-refractivity contribution >= 4 is 0 Å². The van der Waals surface area contributed by atoms with Gasteiger partial charge in [-0.15, -0.1) is 6.58 Å². The van der Waals surface area contributed by atoms with Crippen LogP contribution in [0.4, 0.5) is 0 Å². The lowest BCUT2D eigenvalue weighted by molar-refractivity contribution is -0.0704. The van der Waals surface area contributed by atoms with Crippen molar-refractivity contribution in [2.45, 2.75) is 89.2 Å². The van der Waals surface area contributed by atoms with Crippen LogP contribution in [-0.4, -0.2) is 18.2 Å². The van der Waals surface area contributed by atoms with Gasteiger partial charge in [-0.2, -0.15) is 0 Å². The summed E-state index contributed by atoms with van der Waals surface area (Å²) in [5.74, 6) is 0. The van der Waals surface area contributed by atoms with E-state index in [4.69, 9.17) is 10.5 Å². The third-order valence-electron chi connectivity index (χ3n) is 4.48. The van der Waals surface area contributed by atoms with E-state index in [9.17, 15) is 0 Å². The number of nitrogens with two attached hydrogens (primary N) is 1. The predicted molar refractivity (Wildman–Crippen MR) is 83.3 cm³/mol. The van der Waals surface area contributed by atoms with Crippen molar-refractivity contribution in [2.24, 2.45) is 5.73 Å². The summed E-state index contributed by atoms with van der Waals surface area (Å²) in [5.41, 5.74) is 6.48. The Hall–Kier alpha value is -0.340. The lowest BCUT2D eigenvalue weighted by atomic mass is 9.83. The van der Waals surface area contributed by atoms with E-state index in [0.29, 0.717) is 0 Å². The van der Waals surface area contributed by atoms with Crippen LogP contribution in [-0.2, 0) is 4.74 Å². The van der Waals surface area contributed by atoms with Gasteiger partial charge in [-0.1, -0.05) is 44.6 Å². The minimum atomic E-state index is -0.0241. The molecule has 1 unspecified atom stereocenters. The highest BCUT2D eigenvalue weighted by atomic mass is 16.5. The first-order valence-electron chi connectivity index (χ1n) is 8.25. The van der Waals surface area contributed by atoms with Gasteiger partial charge in [-0.05, 0) is 39.0 Å². The predicted octanol–water partition coefficient (Wildman–Crippen LogP) is 4.58. The van der Waals surface area contributed by atoms with Gasteiger partial charge in [0.2, 0.25) is 0 Å². The molecule has 2 N–H and O–H groups in total. The van der Waals surface area contributed by atoms with E-state index >= 15 is 0 Å². The molecule has 2 heteroatoms. The van der Waals surface area contributed by atoms with Crippen molar-refractivity contribution in [3.8, 4) is 0 Å². The van der Waals surface area contributed by atoms with E-state index in [2.05, 4.69) is 13.5 Å². The molecule has 0 heterocycles. The Balaban J connectivity index is 2.42. The Morgan fingerprint density at radius 3 is 2.42 bits per heavy atom. The molecular weight excluding hydrogens is 234 g/mol. The highest BCUT2D eigenvalue weighted by molar-refractivity contribution is 4.92. The third-order valence-corrected chi connectivity index (χ3v) is 4.48. The Morgan fingerprint density at radius 1 is 1.16 bits per heavy atom. The summed E-state index contributed by atoms with van der Waals surface area (Å²) >= 11 is 0. The normalized spacial score (nSPS) is 20.7. The van der Waals surface area contributed by atoms with Crippen LogP contribution in [0.2, 0.25) is 0 Å². The Kier molecular flexibility index (Phi) is 8.40. The van der Waals surface area contributed by atoms with Crippen molar-refractivity contribution in [1.29, 1.82) is 0 Å². The van der Waals surface area contributed by atoms with Crippen LogP contribution in [0.5, 0.6) is 0 Å². The zero-order chi connectivity index (χ0) is 14.0. The molecule has 0 aromatic rings. The molecule has 1 atom stereocenters. The van der Waals surface area contributed by atoms with Gasteiger partial charge < -0.3 is 10.5 Å². The molecule has 2 nitrogen and oxygen atoms in total. The van der Waals surface area contributed by atoms with E-state index < -0.39 is 0 Å². The molecule has 1 rings (SSSR count). The van der Waals surface area contributed by atoms with Crippen LogP contribution in [0.25, 0.3) is 0 Å². The largest absolute Gasteiger partial charge is 0.374 e. The molecule has 0 aromatic heterocycles. The van der Waals surface area contributed by atoms with Crippen molar-refractivity contribution < 1.29 is 4.74 Å². The topological polar surface area (TPSA) is 35.2 Å². The molecule has 19 heavy (non-hydrogen) atoms. The fourth-order valence-corrected chi connectivity index (χ4v) is 3.33. The average molecular weight is 267 g/mol. The van der Waals surface area contributed by atoms with Crippen LogP contribution < -0.4 is 5.73 Å². The standard InChI is InChI=1S/C17H33NO/c1-3-5-6-7-10-13-16(18)17(19-4-2)14-11-8-9-12-15-17/h3,16H,1,4-15,18H2,2H3. The number of allylic oxidation sites excluding steroid dienone is 1. The smallest absolute Gasteiger partial charge is 0.0832 e. The molecule has 0 radical (unpaired) electrons. The molecule has 1 aliphatic carbocycles. The summed E-state index contributed by atoms with van der Waals surface area (Å²) in [7, 11) is 0. The Labute approximate surface area is 119 Å². The second-order valence-electron chi connectivity index (χ2n) is 5.95. The SMILES string of the molecule is C=CCCCCCC(N)C1(OCC)CCCCCC1. The number of hydrogen-bond donors (Lipinski definition) is 1. The van der Waals surface area contributed by atoms with E-state index in [1.54, 1.807) is 0 Å².